The molecule has 0 spiro atoms. The van der Waals surface area contributed by atoms with Crippen LogP contribution in [0.5, 0.6) is 0 Å². The molecule has 0 radical (unpaired) electrons. The number of thiophene rings is 4. The lowest BCUT2D eigenvalue weighted by molar-refractivity contribution is -0.155. The number of likely N-dealkylation sites (N-methyl/N-ethyl adjacent to an activating group) is 1. The van der Waals surface area contributed by atoms with E-state index in [4.69, 9.17) is 59.5 Å². The minimum Gasteiger partial charge on any atom is -0.460 e. The number of nitrogens with zero attached hydrogens (tertiary/aromatic N) is 22. The number of amides is 3. The molecule has 5 aliphatic heterocycles. The van der Waals surface area contributed by atoms with Gasteiger partial charge in [-0.25, -0.2) is 4.98 Å². The molecule has 11 aromatic heterocycles. The average Bonchev–Trinajstić information content (AvgIpc) is 1.61. The molecule has 4 atom stereocenters. The van der Waals surface area contributed by atoms with Crippen LogP contribution in [0.25, 0.3) is 20.0 Å². The normalized spacial score (nSPS) is 15.8. The summed E-state index contributed by atoms with van der Waals surface area (Å²) in [6.07, 6.45) is 14.6. The smallest absolute Gasteiger partial charge is 0.308 e. The molecule has 30 nitrogen and oxygen atoms in total. The zero-order valence-corrected chi connectivity index (χ0v) is 83.7. The molecule has 136 heavy (non-hydrogen) atoms. The summed E-state index contributed by atoms with van der Waals surface area (Å²) in [6.45, 7) is 36.5. The molecule has 3 aromatic carbocycles. The van der Waals surface area contributed by atoms with E-state index >= 15 is 0 Å². The Morgan fingerprint density at radius 2 is 0.831 bits per heavy atom. The Morgan fingerprint density at radius 1 is 0.441 bits per heavy atom. The fraction of sp³-hybridized carbons (Fsp3) is 0.364. The topological polar surface area (TPSA) is 336 Å². The Balaban J connectivity index is 0.000000138. The van der Waals surface area contributed by atoms with Crippen LogP contribution < -0.4 is 16.0 Å². The molecule has 37 heteroatoms. The van der Waals surface area contributed by atoms with Gasteiger partial charge in [-0.15, -0.1) is 86.1 Å². The van der Waals surface area contributed by atoms with Gasteiger partial charge in [0, 0.05) is 175 Å². The first-order chi connectivity index (χ1) is 64.8. The number of benzene rings is 3. The van der Waals surface area contributed by atoms with Crippen molar-refractivity contribution in [2.45, 2.75) is 180 Å². The number of ether oxygens (including phenoxy) is 1. The number of halogens is 3. The van der Waals surface area contributed by atoms with Gasteiger partial charge in [-0.1, -0.05) is 84.7 Å². The monoisotopic (exact) mass is 1960 g/mol. The highest BCUT2D eigenvalue weighted by Gasteiger charge is 2.39. The third-order valence-electron chi connectivity index (χ3n) is 24.2. The molecule has 1 fully saturated rings. The lowest BCUT2D eigenvalue weighted by atomic mass is 9.99. The molecule has 16 heterocycles. The van der Waals surface area contributed by atoms with E-state index in [0.29, 0.717) is 65.7 Å². The Bertz CT molecular complexity index is 6830. The summed E-state index contributed by atoms with van der Waals surface area (Å²) in [5.41, 5.74) is 16.8. The molecule has 706 valence electrons. The van der Waals surface area contributed by atoms with Crippen molar-refractivity contribution >= 4 is 127 Å². The number of aliphatic imine (C=N–C) groups is 4. The van der Waals surface area contributed by atoms with Crippen molar-refractivity contribution < 1.29 is 23.9 Å². The maximum absolute atomic E-state index is 12.9. The summed E-state index contributed by atoms with van der Waals surface area (Å²) in [5.74, 6) is 5.56. The quantitative estimate of drug-likeness (QED) is 0.0444. The summed E-state index contributed by atoms with van der Waals surface area (Å²) in [6, 6.07) is 29.2. The second kappa shape index (κ2) is 42.6. The Hall–Kier alpha value is -12.1. The first-order valence-electron chi connectivity index (χ1n) is 44.7. The molecule has 0 aliphatic carbocycles. The molecule has 5 aliphatic rings. The number of hydrogen-bond acceptors (Lipinski definition) is 26. The number of nitrogens with one attached hydrogen (secondary N) is 3. The van der Waals surface area contributed by atoms with Crippen LogP contribution in [0.1, 0.15) is 216 Å². The number of piperazine rings is 1. The van der Waals surface area contributed by atoms with E-state index in [1.807, 2.05) is 161 Å². The molecular weight excluding hydrogens is 1850 g/mol. The number of carbonyl (C=O) groups excluding carboxylic acids is 4. The van der Waals surface area contributed by atoms with E-state index in [1.165, 1.54) is 41.8 Å². The molecule has 1 saturated heterocycles. The number of fused-ring (bicyclic) bond motifs is 12. The zero-order valence-electron chi connectivity index (χ0n) is 78.1. The van der Waals surface area contributed by atoms with Gasteiger partial charge >= 0.3 is 5.97 Å². The van der Waals surface area contributed by atoms with E-state index in [2.05, 4.69) is 158 Å². The highest BCUT2D eigenvalue weighted by molar-refractivity contribution is 7.16. The van der Waals surface area contributed by atoms with Crippen LogP contribution >= 0.6 is 80.1 Å². The average molecular weight is 1960 g/mol. The van der Waals surface area contributed by atoms with Crippen LogP contribution in [-0.4, -0.2) is 200 Å². The van der Waals surface area contributed by atoms with Crippen LogP contribution in [0.2, 0.25) is 15.1 Å². The largest absolute Gasteiger partial charge is 0.460 e. The predicted octanol–water partition coefficient (Wildman–Crippen LogP) is 17.6. The summed E-state index contributed by atoms with van der Waals surface area (Å²) >= 11 is 25.3. The van der Waals surface area contributed by atoms with Crippen molar-refractivity contribution in [3.05, 3.63) is 294 Å². The van der Waals surface area contributed by atoms with Crippen molar-refractivity contribution in [3.63, 3.8) is 0 Å². The van der Waals surface area contributed by atoms with Gasteiger partial charge in [-0.2, -0.15) is 0 Å². The number of rotatable bonds is 21. The van der Waals surface area contributed by atoms with Gasteiger partial charge in [0.15, 0.2) is 23.3 Å². The maximum atomic E-state index is 12.9. The highest BCUT2D eigenvalue weighted by Crippen LogP contribution is 2.45. The minimum absolute atomic E-state index is 0. The molecule has 0 saturated carbocycles. The Labute approximate surface area is 822 Å². The standard InChI is InChI=1S/C26H25ClN6OS.C25H30ClN7OS.C25H26ClN7OS.C22H25N5O2S.CH4/c1-15-16(2)35-26-23(15)24(19-7-9-20(27)10-8-19)30-21(25-32-31-17(3)33(25)26)14-29-22(34)11-6-18-5-4-12-28-13-18;1-15-16(2)35-25-22(15)23(18-5-7-19(26)8-6-18)28-20(24-30-29-17(3)33(24)25)13-27-21(34)14-32-11-9-31(4)10-12-32;1-15-16(2)35-25-22(15)23(18-5-7-19(26)8-6-18)29-20(24-31-30-17(3)33(24)25)13-21(34)28-9-4-11-32-12-10-27-14-32;1-12-13(2)30-21-18(12)19(15-7-9-23-10-8-15)24-16(11-17(28)29-22(4,5)6)20-26-25-14(3)27(20)21;/h4-5,7-10,12-13,21H,6,11,14H2,1-3H3,(H,29,34);5-8,20H,9-14H2,1-4H3,(H,27,34);5-8,10,12,14,20H,4,9,11,13H2,1-3H3,(H,28,34);7-10,16H,11H2,1-6H3;1H4. The third-order valence-corrected chi connectivity index (χ3v) is 29.7. The van der Waals surface area contributed by atoms with Crippen molar-refractivity contribution in [2.75, 3.05) is 59.4 Å². The Kier molecular flexibility index (Phi) is 30.9. The number of carbonyl (C=O) groups is 4. The Morgan fingerprint density at radius 3 is 1.22 bits per heavy atom. The van der Waals surface area contributed by atoms with Crippen LogP contribution in [-0.2, 0) is 36.9 Å². The molecular formula is C99H110Cl3N25O5S4. The van der Waals surface area contributed by atoms with Gasteiger partial charge in [0.1, 0.15) is 73.1 Å². The van der Waals surface area contributed by atoms with Crippen LogP contribution in [0.4, 0.5) is 0 Å². The minimum atomic E-state index is -0.560. The van der Waals surface area contributed by atoms with Crippen molar-refractivity contribution in [3.8, 4) is 20.0 Å². The van der Waals surface area contributed by atoms with Gasteiger partial charge < -0.3 is 30.2 Å². The van der Waals surface area contributed by atoms with Gasteiger partial charge in [0.25, 0.3) is 0 Å². The molecule has 3 amide bonds. The summed E-state index contributed by atoms with van der Waals surface area (Å²) in [4.78, 5) is 93.4. The molecule has 4 unspecified atom stereocenters. The zero-order chi connectivity index (χ0) is 95.4. The molecule has 0 bridgehead atoms. The number of aromatic nitrogens is 16. The lowest BCUT2D eigenvalue weighted by Crippen LogP contribution is -2.48. The molecule has 14 aromatic rings. The SMILES string of the molecule is C.Cc1sc2c(c1C)C(c1ccc(Cl)cc1)=NC(CC(=O)NCCCn1ccnc1)c1nnc(C)n1-2.Cc1sc2c(c1C)C(c1ccc(Cl)cc1)=NC(CNC(=O)CCc1cccnc1)c1nnc(C)n1-2.Cc1sc2c(c1C)C(c1ccc(Cl)cc1)=NC(CNC(=O)CN1CCN(C)CC1)c1nnc(C)n1-2.Cc1sc2c(c1C)C(c1ccncc1)=NC(CC(=O)OC(C)(C)C)c1nnc(C)n1-2. The first kappa shape index (κ1) is 98.4. The maximum Gasteiger partial charge on any atom is 0.308 e. The number of imidazole rings is 1. The van der Waals surface area contributed by atoms with Crippen LogP contribution in [0.3, 0.4) is 0 Å². The van der Waals surface area contributed by atoms with Crippen LogP contribution in [0, 0.1) is 83.1 Å². The molecule has 3 N–H and O–H groups in total. The van der Waals surface area contributed by atoms with E-state index in [9.17, 15) is 19.2 Å². The van der Waals surface area contributed by atoms with Gasteiger partial charge in [-0.3, -0.25) is 72.3 Å². The van der Waals surface area contributed by atoms with Crippen LogP contribution in [0.15, 0.2) is 161 Å². The number of esters is 1. The number of pyridine rings is 2. The number of hydrogen-bond donors (Lipinski definition) is 3. The highest BCUT2D eigenvalue weighted by atomic mass is 35.5. The fourth-order valence-electron chi connectivity index (χ4n) is 16.7. The number of aryl methyl sites for hydroxylation is 10. The van der Waals surface area contributed by atoms with E-state index < -0.39 is 17.7 Å². The fourth-order valence-corrected chi connectivity index (χ4v) is 21.9. The van der Waals surface area contributed by atoms with E-state index in [1.54, 1.807) is 82.7 Å². The van der Waals surface area contributed by atoms with Crippen molar-refractivity contribution in [1.82, 2.24) is 104 Å². The van der Waals surface area contributed by atoms with Gasteiger partial charge in [0.2, 0.25) is 17.7 Å². The van der Waals surface area contributed by atoms with Gasteiger partial charge in [-0.05, 0) is 206 Å². The lowest BCUT2D eigenvalue weighted by Gasteiger charge is -2.31. The summed E-state index contributed by atoms with van der Waals surface area (Å²) < 4.78 is 15.8. The van der Waals surface area contributed by atoms with E-state index in [-0.39, 0.29) is 56.0 Å². The van der Waals surface area contributed by atoms with Gasteiger partial charge in [0.05, 0.1) is 48.6 Å². The second-order valence-electron chi connectivity index (χ2n) is 34.9. The molecule has 19 rings (SSSR count). The van der Waals surface area contributed by atoms with Crippen molar-refractivity contribution in [1.29, 1.82) is 0 Å². The first-order valence-corrected chi connectivity index (χ1v) is 49.1. The summed E-state index contributed by atoms with van der Waals surface area (Å²) in [7, 11) is 2.11. The van der Waals surface area contributed by atoms with E-state index in [0.717, 1.165) is 167 Å². The predicted molar refractivity (Wildman–Crippen MR) is 540 cm³/mol. The third kappa shape index (κ3) is 21.8. The van der Waals surface area contributed by atoms with Crippen molar-refractivity contribution in [2.24, 2.45) is 20.0 Å². The summed E-state index contributed by atoms with van der Waals surface area (Å²) in [5, 5.41) is 50.6. The second-order valence-corrected chi connectivity index (χ2v) is 41.0.